The van der Waals surface area contributed by atoms with E-state index in [0.717, 1.165) is 0 Å². The first-order valence-corrected chi connectivity index (χ1v) is 12.6. The minimum absolute atomic E-state index is 0.0805. The molecule has 2 N–H and O–H groups in total. The molecule has 0 aliphatic carbocycles. The Morgan fingerprint density at radius 2 is 1.09 bits per heavy atom. The molecule has 32 heavy (non-hydrogen) atoms. The number of ether oxygens (including phenoxy) is 2. The van der Waals surface area contributed by atoms with Crippen LogP contribution in [0.15, 0.2) is 58.3 Å². The summed E-state index contributed by atoms with van der Waals surface area (Å²) in [5.74, 6) is -1.30. The largest absolute Gasteiger partial charge is 0.462 e. The van der Waals surface area contributed by atoms with E-state index in [-0.39, 0.29) is 47.2 Å². The van der Waals surface area contributed by atoms with Crippen molar-refractivity contribution in [1.82, 2.24) is 9.44 Å². The first-order chi connectivity index (χ1) is 15.1. The Morgan fingerprint density at radius 1 is 0.719 bits per heavy atom. The van der Waals surface area contributed by atoms with E-state index in [1.807, 2.05) is 0 Å². The van der Waals surface area contributed by atoms with Crippen molar-refractivity contribution in [3.05, 3.63) is 59.7 Å². The van der Waals surface area contributed by atoms with Crippen molar-refractivity contribution in [1.29, 1.82) is 0 Å². The Labute approximate surface area is 187 Å². The third-order valence-electron chi connectivity index (χ3n) is 4.02. The number of benzene rings is 2. The lowest BCUT2D eigenvalue weighted by Gasteiger charge is -2.10. The number of hydrogen-bond donors (Lipinski definition) is 2. The zero-order valence-electron chi connectivity index (χ0n) is 17.5. The zero-order valence-corrected chi connectivity index (χ0v) is 19.2. The predicted molar refractivity (Wildman–Crippen MR) is 115 cm³/mol. The molecule has 0 unspecified atom stereocenters. The first kappa shape index (κ1) is 25.5. The fourth-order valence-electron chi connectivity index (χ4n) is 2.55. The van der Waals surface area contributed by atoms with Gasteiger partial charge in [-0.05, 0) is 50.2 Å². The summed E-state index contributed by atoms with van der Waals surface area (Å²) >= 11 is 0. The van der Waals surface area contributed by atoms with Crippen LogP contribution >= 0.6 is 0 Å². The van der Waals surface area contributed by atoms with E-state index in [1.54, 1.807) is 13.8 Å². The van der Waals surface area contributed by atoms with Crippen molar-refractivity contribution in [2.75, 3.05) is 26.3 Å². The smallest absolute Gasteiger partial charge is 0.338 e. The van der Waals surface area contributed by atoms with E-state index in [1.165, 1.54) is 48.5 Å². The van der Waals surface area contributed by atoms with E-state index in [0.29, 0.717) is 0 Å². The number of esters is 2. The van der Waals surface area contributed by atoms with Crippen LogP contribution in [0.3, 0.4) is 0 Å². The molecule has 0 saturated carbocycles. The van der Waals surface area contributed by atoms with Gasteiger partial charge in [0.15, 0.2) is 0 Å². The van der Waals surface area contributed by atoms with Gasteiger partial charge < -0.3 is 9.47 Å². The molecule has 0 radical (unpaired) electrons. The minimum Gasteiger partial charge on any atom is -0.462 e. The average Bonchev–Trinajstić information content (AvgIpc) is 2.77. The fourth-order valence-corrected chi connectivity index (χ4v) is 4.70. The maximum atomic E-state index is 12.4. The Kier molecular flexibility index (Phi) is 8.89. The van der Waals surface area contributed by atoms with E-state index in [9.17, 15) is 26.4 Å². The normalized spacial score (nSPS) is 11.7. The van der Waals surface area contributed by atoms with Gasteiger partial charge in [0, 0.05) is 13.1 Å². The van der Waals surface area contributed by atoms with Crippen LogP contribution in [0, 0.1) is 0 Å². The molecule has 2 rings (SSSR count). The Morgan fingerprint density at radius 3 is 1.44 bits per heavy atom. The minimum atomic E-state index is -3.99. The van der Waals surface area contributed by atoms with Gasteiger partial charge in [-0.15, -0.1) is 0 Å². The molecule has 0 saturated heterocycles. The third kappa shape index (κ3) is 6.85. The topological polar surface area (TPSA) is 145 Å². The number of rotatable bonds is 11. The molecule has 0 aliphatic rings. The molecule has 12 heteroatoms. The number of hydrogen-bond acceptors (Lipinski definition) is 8. The second-order valence-corrected chi connectivity index (χ2v) is 9.83. The molecule has 0 atom stereocenters. The molecule has 0 bridgehead atoms. The monoisotopic (exact) mass is 484 g/mol. The Bertz CT molecular complexity index is 1080. The second kappa shape index (κ2) is 11.2. The lowest BCUT2D eigenvalue weighted by molar-refractivity contribution is 0.0516. The number of sulfonamides is 2. The summed E-state index contributed by atoms with van der Waals surface area (Å²) < 4.78 is 64.0. The molecule has 0 aliphatic heterocycles. The molecule has 0 amide bonds. The van der Waals surface area contributed by atoms with Crippen molar-refractivity contribution < 1.29 is 35.9 Å². The highest BCUT2D eigenvalue weighted by atomic mass is 32.2. The lowest BCUT2D eigenvalue weighted by atomic mass is 10.2. The van der Waals surface area contributed by atoms with Crippen LogP contribution in [0.2, 0.25) is 0 Å². The quantitative estimate of drug-likeness (QED) is 0.359. The lowest BCUT2D eigenvalue weighted by Crippen LogP contribution is -2.34. The summed E-state index contributed by atoms with van der Waals surface area (Å²) in [4.78, 5) is 23.3. The van der Waals surface area contributed by atoms with Gasteiger partial charge in [0.2, 0.25) is 20.0 Å². The van der Waals surface area contributed by atoms with Crippen LogP contribution in [0.25, 0.3) is 0 Å². The molecule has 174 valence electrons. The number of nitrogens with one attached hydrogen (secondary N) is 2. The molecule has 0 heterocycles. The standard InChI is InChI=1S/C20H24N2O8S2/c1-3-29-19(23)15-7-5-9-17(13-15)31(25,26)21-11-12-22-32(27,28)18-10-6-8-16(14-18)20(24)30-4-2/h5-10,13-14,21-22H,3-4,11-12H2,1-2H3. The Hall–Kier alpha value is -2.80. The molecule has 10 nitrogen and oxygen atoms in total. The molecule has 2 aromatic rings. The van der Waals surface area contributed by atoms with Crippen LogP contribution in [0.4, 0.5) is 0 Å². The van der Waals surface area contributed by atoms with Crippen LogP contribution in [-0.4, -0.2) is 55.1 Å². The molecule has 0 spiro atoms. The van der Waals surface area contributed by atoms with E-state index in [4.69, 9.17) is 9.47 Å². The summed E-state index contributed by atoms with van der Waals surface area (Å²) in [7, 11) is -7.98. The van der Waals surface area contributed by atoms with Crippen molar-refractivity contribution in [2.24, 2.45) is 0 Å². The highest BCUT2D eigenvalue weighted by Gasteiger charge is 2.19. The fraction of sp³-hybridized carbons (Fsp3) is 0.300. The van der Waals surface area contributed by atoms with Crippen LogP contribution in [0.5, 0.6) is 0 Å². The molecule has 0 fully saturated rings. The van der Waals surface area contributed by atoms with Gasteiger partial charge in [0.05, 0.1) is 34.1 Å². The second-order valence-electron chi connectivity index (χ2n) is 6.29. The van der Waals surface area contributed by atoms with Gasteiger partial charge >= 0.3 is 11.9 Å². The molecule has 2 aromatic carbocycles. The Balaban J connectivity index is 2.00. The SMILES string of the molecule is CCOC(=O)c1cccc(S(=O)(=O)NCCNS(=O)(=O)c2cccc(C(=O)OCC)c2)c1. The summed E-state index contributed by atoms with van der Waals surface area (Å²) in [6, 6.07) is 10.6. The van der Waals surface area contributed by atoms with Crippen LogP contribution in [-0.2, 0) is 29.5 Å². The summed E-state index contributed by atoms with van der Waals surface area (Å²) in [5.41, 5.74) is 0.161. The van der Waals surface area contributed by atoms with Gasteiger partial charge in [0.1, 0.15) is 0 Å². The highest BCUT2D eigenvalue weighted by Crippen LogP contribution is 2.14. The van der Waals surface area contributed by atoms with Crippen LogP contribution < -0.4 is 9.44 Å². The van der Waals surface area contributed by atoms with E-state index >= 15 is 0 Å². The summed E-state index contributed by atoms with van der Waals surface area (Å²) in [5, 5.41) is 0. The van der Waals surface area contributed by atoms with Gasteiger partial charge in [-0.1, -0.05) is 12.1 Å². The van der Waals surface area contributed by atoms with E-state index < -0.39 is 32.0 Å². The van der Waals surface area contributed by atoms with Gasteiger partial charge in [0.25, 0.3) is 0 Å². The van der Waals surface area contributed by atoms with Crippen molar-refractivity contribution in [3.63, 3.8) is 0 Å². The number of carbonyl (C=O) groups excluding carboxylic acids is 2. The number of carbonyl (C=O) groups is 2. The van der Waals surface area contributed by atoms with Crippen molar-refractivity contribution in [3.8, 4) is 0 Å². The first-order valence-electron chi connectivity index (χ1n) is 9.64. The maximum absolute atomic E-state index is 12.4. The molecular formula is C20H24N2O8S2. The maximum Gasteiger partial charge on any atom is 0.338 e. The summed E-state index contributed by atoms with van der Waals surface area (Å²) in [6.45, 7) is 3.07. The third-order valence-corrected chi connectivity index (χ3v) is 6.94. The van der Waals surface area contributed by atoms with Gasteiger partial charge in [-0.2, -0.15) is 0 Å². The highest BCUT2D eigenvalue weighted by molar-refractivity contribution is 7.90. The summed E-state index contributed by atoms with van der Waals surface area (Å²) in [6.07, 6.45) is 0. The van der Waals surface area contributed by atoms with Crippen molar-refractivity contribution >= 4 is 32.0 Å². The zero-order chi connectivity index (χ0) is 23.8. The van der Waals surface area contributed by atoms with Gasteiger partial charge in [-0.25, -0.2) is 35.9 Å². The van der Waals surface area contributed by atoms with Gasteiger partial charge in [-0.3, -0.25) is 0 Å². The van der Waals surface area contributed by atoms with Crippen LogP contribution in [0.1, 0.15) is 34.6 Å². The molecular weight excluding hydrogens is 460 g/mol. The van der Waals surface area contributed by atoms with E-state index in [2.05, 4.69) is 9.44 Å². The predicted octanol–water partition coefficient (Wildman–Crippen LogP) is 1.30. The molecule has 0 aromatic heterocycles. The van der Waals surface area contributed by atoms with Crippen molar-refractivity contribution in [2.45, 2.75) is 23.6 Å². The average molecular weight is 485 g/mol.